The van der Waals surface area contributed by atoms with E-state index < -0.39 is 12.5 Å². The van der Waals surface area contributed by atoms with E-state index in [-0.39, 0.29) is 11.4 Å². The molecule has 1 aromatic carbocycles. The molecule has 0 aliphatic rings. The minimum atomic E-state index is -5.02. The van der Waals surface area contributed by atoms with E-state index >= 15 is 0 Å². The lowest BCUT2D eigenvalue weighted by Crippen LogP contribution is -2.29. The SMILES string of the molecule is Nc1cccc(OC(F)C(F)(F)F)c1. The second kappa shape index (κ2) is 3.73. The third-order valence-corrected chi connectivity index (χ3v) is 1.35. The number of ether oxygens (including phenoxy) is 1. The Kier molecular flexibility index (Phi) is 2.83. The number of hydrogen-bond acceptors (Lipinski definition) is 2. The Morgan fingerprint density at radius 1 is 1.29 bits per heavy atom. The molecule has 0 radical (unpaired) electrons. The molecule has 0 aliphatic carbocycles. The lowest BCUT2D eigenvalue weighted by atomic mass is 10.3. The molecule has 1 atom stereocenters. The van der Waals surface area contributed by atoms with Gasteiger partial charge in [-0.05, 0) is 12.1 Å². The second-order valence-electron chi connectivity index (χ2n) is 2.55. The molecule has 14 heavy (non-hydrogen) atoms. The molecule has 0 aromatic heterocycles. The first-order valence-electron chi connectivity index (χ1n) is 3.62. The van der Waals surface area contributed by atoms with Gasteiger partial charge < -0.3 is 10.5 Å². The lowest BCUT2D eigenvalue weighted by molar-refractivity contribution is -0.236. The van der Waals surface area contributed by atoms with Crippen LogP contribution >= 0.6 is 0 Å². The highest BCUT2D eigenvalue weighted by atomic mass is 19.4. The van der Waals surface area contributed by atoms with Crippen LogP contribution in [0.4, 0.5) is 23.2 Å². The maximum absolute atomic E-state index is 12.3. The summed E-state index contributed by atoms with van der Waals surface area (Å²) >= 11 is 0. The van der Waals surface area contributed by atoms with Gasteiger partial charge in [-0.2, -0.15) is 17.6 Å². The zero-order valence-electron chi connectivity index (χ0n) is 6.88. The molecule has 0 heterocycles. The van der Waals surface area contributed by atoms with Crippen molar-refractivity contribution in [2.24, 2.45) is 0 Å². The van der Waals surface area contributed by atoms with Crippen molar-refractivity contribution in [2.45, 2.75) is 12.5 Å². The van der Waals surface area contributed by atoms with Crippen molar-refractivity contribution in [3.8, 4) is 5.75 Å². The molecular formula is C8H7F4NO. The fraction of sp³-hybridized carbons (Fsp3) is 0.250. The van der Waals surface area contributed by atoms with Gasteiger partial charge in [-0.25, -0.2) is 0 Å². The van der Waals surface area contributed by atoms with Crippen molar-refractivity contribution in [2.75, 3.05) is 5.73 Å². The van der Waals surface area contributed by atoms with Crippen LogP contribution in [0.5, 0.6) is 5.75 Å². The Hall–Kier alpha value is -1.46. The van der Waals surface area contributed by atoms with E-state index in [1.165, 1.54) is 18.2 Å². The van der Waals surface area contributed by atoms with E-state index in [0.717, 1.165) is 6.07 Å². The molecule has 6 heteroatoms. The van der Waals surface area contributed by atoms with Crippen molar-refractivity contribution in [3.63, 3.8) is 0 Å². The van der Waals surface area contributed by atoms with Gasteiger partial charge in [0.2, 0.25) is 0 Å². The highest BCUT2D eigenvalue weighted by molar-refractivity contribution is 5.43. The summed E-state index contributed by atoms with van der Waals surface area (Å²) in [5, 5.41) is 0. The molecule has 0 saturated carbocycles. The van der Waals surface area contributed by atoms with Crippen LogP contribution in [0, 0.1) is 0 Å². The normalized spacial score (nSPS) is 13.7. The molecule has 0 bridgehead atoms. The largest absolute Gasteiger partial charge is 0.457 e. The van der Waals surface area contributed by atoms with Gasteiger partial charge in [0.1, 0.15) is 5.75 Å². The van der Waals surface area contributed by atoms with Gasteiger partial charge in [0.15, 0.2) is 0 Å². The van der Waals surface area contributed by atoms with Crippen LogP contribution in [0.2, 0.25) is 0 Å². The van der Waals surface area contributed by atoms with Crippen LogP contribution in [0.25, 0.3) is 0 Å². The van der Waals surface area contributed by atoms with E-state index in [9.17, 15) is 17.6 Å². The van der Waals surface area contributed by atoms with Crippen LogP contribution in [0.15, 0.2) is 24.3 Å². The summed E-state index contributed by atoms with van der Waals surface area (Å²) in [6.45, 7) is 0. The molecule has 0 spiro atoms. The summed E-state index contributed by atoms with van der Waals surface area (Å²) in [5.41, 5.74) is 5.47. The van der Waals surface area contributed by atoms with E-state index in [0.29, 0.717) is 0 Å². The molecule has 1 rings (SSSR count). The number of alkyl halides is 4. The summed E-state index contributed by atoms with van der Waals surface area (Å²) in [7, 11) is 0. The minimum absolute atomic E-state index is 0.205. The molecular weight excluding hydrogens is 202 g/mol. The summed E-state index contributed by atoms with van der Waals surface area (Å²) in [5.74, 6) is -0.255. The van der Waals surface area contributed by atoms with Crippen LogP contribution < -0.4 is 10.5 Å². The average Bonchev–Trinajstić information content (AvgIpc) is 2.02. The van der Waals surface area contributed by atoms with Gasteiger partial charge in [-0.1, -0.05) is 6.07 Å². The number of halogens is 4. The van der Waals surface area contributed by atoms with Crippen molar-refractivity contribution < 1.29 is 22.3 Å². The van der Waals surface area contributed by atoms with Gasteiger partial charge in [-0.3, -0.25) is 0 Å². The van der Waals surface area contributed by atoms with E-state index in [1.807, 2.05) is 0 Å². The third kappa shape index (κ3) is 2.79. The number of benzene rings is 1. The van der Waals surface area contributed by atoms with Gasteiger partial charge in [0.25, 0.3) is 0 Å². The number of nitrogens with two attached hydrogens (primary N) is 1. The van der Waals surface area contributed by atoms with Gasteiger partial charge in [-0.15, -0.1) is 0 Å². The summed E-state index contributed by atoms with van der Waals surface area (Å²) < 4.78 is 51.4. The number of anilines is 1. The average molecular weight is 209 g/mol. The number of nitrogen functional groups attached to an aromatic ring is 1. The molecule has 78 valence electrons. The maximum atomic E-state index is 12.3. The van der Waals surface area contributed by atoms with Gasteiger partial charge >= 0.3 is 12.5 Å². The van der Waals surface area contributed by atoms with Crippen molar-refractivity contribution in [1.82, 2.24) is 0 Å². The van der Waals surface area contributed by atoms with E-state index in [2.05, 4.69) is 4.74 Å². The van der Waals surface area contributed by atoms with E-state index in [1.54, 1.807) is 0 Å². The molecule has 0 aliphatic heterocycles. The van der Waals surface area contributed by atoms with Crippen molar-refractivity contribution >= 4 is 5.69 Å². The fourth-order valence-electron chi connectivity index (χ4n) is 0.774. The number of rotatable bonds is 2. The Labute approximate surface area is 77.3 Å². The van der Waals surface area contributed by atoms with Crippen LogP contribution in [-0.2, 0) is 0 Å². The van der Waals surface area contributed by atoms with Crippen LogP contribution in [-0.4, -0.2) is 12.5 Å². The standard InChI is InChI=1S/C8H7F4NO/c9-7(8(10,11)12)14-6-3-1-2-5(13)4-6/h1-4,7H,13H2. The molecule has 0 fully saturated rings. The Bertz CT molecular complexity index is 312. The Balaban J connectivity index is 2.70. The third-order valence-electron chi connectivity index (χ3n) is 1.35. The fourth-order valence-corrected chi connectivity index (χ4v) is 0.774. The maximum Gasteiger partial charge on any atom is 0.457 e. The number of hydrogen-bond donors (Lipinski definition) is 1. The van der Waals surface area contributed by atoms with E-state index in [4.69, 9.17) is 5.73 Å². The van der Waals surface area contributed by atoms with Crippen LogP contribution in [0.3, 0.4) is 0 Å². The predicted molar refractivity (Wildman–Crippen MR) is 42.4 cm³/mol. The first kappa shape index (κ1) is 10.6. The second-order valence-corrected chi connectivity index (χ2v) is 2.55. The van der Waals surface area contributed by atoms with Crippen molar-refractivity contribution in [3.05, 3.63) is 24.3 Å². The molecule has 1 unspecified atom stereocenters. The van der Waals surface area contributed by atoms with Crippen LogP contribution in [0.1, 0.15) is 0 Å². The highest BCUT2D eigenvalue weighted by Crippen LogP contribution is 2.26. The summed E-state index contributed by atoms with van der Waals surface area (Å²) in [4.78, 5) is 0. The Morgan fingerprint density at radius 2 is 1.93 bits per heavy atom. The van der Waals surface area contributed by atoms with Gasteiger partial charge in [0.05, 0.1) is 0 Å². The molecule has 2 N–H and O–H groups in total. The first-order chi connectivity index (χ1) is 6.39. The highest BCUT2D eigenvalue weighted by Gasteiger charge is 2.42. The predicted octanol–water partition coefficient (Wildman–Crippen LogP) is 2.51. The molecule has 1 aromatic rings. The molecule has 0 saturated heterocycles. The quantitative estimate of drug-likeness (QED) is 0.600. The molecule has 0 amide bonds. The minimum Gasteiger partial charge on any atom is -0.452 e. The zero-order valence-corrected chi connectivity index (χ0v) is 6.88. The zero-order chi connectivity index (χ0) is 10.8. The first-order valence-corrected chi connectivity index (χ1v) is 3.62. The lowest BCUT2D eigenvalue weighted by Gasteiger charge is -2.14. The van der Waals surface area contributed by atoms with Crippen molar-refractivity contribution in [1.29, 1.82) is 0 Å². The summed E-state index contributed by atoms with van der Waals surface area (Å²) in [6, 6.07) is 5.12. The smallest absolute Gasteiger partial charge is 0.452 e. The topological polar surface area (TPSA) is 35.2 Å². The monoisotopic (exact) mass is 209 g/mol. The molecule has 2 nitrogen and oxygen atoms in total. The van der Waals surface area contributed by atoms with Gasteiger partial charge in [0, 0.05) is 11.8 Å². The Morgan fingerprint density at radius 3 is 2.43 bits per heavy atom. The summed E-state index contributed by atoms with van der Waals surface area (Å²) in [6.07, 6.45) is -8.35.